The lowest BCUT2D eigenvalue weighted by molar-refractivity contribution is -0.156. The highest BCUT2D eigenvalue weighted by atomic mass is 16.6. The molecule has 0 spiro atoms. The summed E-state index contributed by atoms with van der Waals surface area (Å²) in [6, 6.07) is 6.79. The monoisotopic (exact) mass is 572 g/mol. The quantitative estimate of drug-likeness (QED) is 0.256. The van der Waals surface area contributed by atoms with E-state index in [2.05, 4.69) is 4.98 Å². The van der Waals surface area contributed by atoms with E-state index in [1.54, 1.807) is 30.5 Å². The van der Waals surface area contributed by atoms with Crippen LogP contribution in [-0.2, 0) is 25.5 Å². The number of aromatic nitrogens is 1. The van der Waals surface area contributed by atoms with E-state index in [9.17, 15) is 24.9 Å². The molecule has 10 nitrogen and oxygen atoms in total. The van der Waals surface area contributed by atoms with Crippen LogP contribution in [-0.4, -0.2) is 64.3 Å². The zero-order valence-electron chi connectivity index (χ0n) is 24.1. The van der Waals surface area contributed by atoms with Gasteiger partial charge in [0.15, 0.2) is 11.5 Å². The SMILES string of the molecule is CC(=O)O[C@H](CCc1cc(OCCO)c(O)cc1-c1ccnc(N)c1)C[C@@H](OC(C)=O)[C@H]1CCCCC[C@@H](CO)C1. The van der Waals surface area contributed by atoms with Crippen LogP contribution in [0.5, 0.6) is 11.5 Å². The number of anilines is 1. The Bertz CT molecular complexity index is 1140. The molecule has 0 saturated heterocycles. The number of phenols is 1. The van der Waals surface area contributed by atoms with Crippen LogP contribution in [0, 0.1) is 11.8 Å². The maximum atomic E-state index is 12.1. The highest BCUT2D eigenvalue weighted by Gasteiger charge is 2.31. The number of nitrogens with two attached hydrogens (primary N) is 1. The van der Waals surface area contributed by atoms with Crippen LogP contribution in [0.3, 0.4) is 0 Å². The van der Waals surface area contributed by atoms with Gasteiger partial charge in [-0.15, -0.1) is 0 Å². The maximum absolute atomic E-state index is 12.1. The second-order valence-electron chi connectivity index (χ2n) is 10.9. The van der Waals surface area contributed by atoms with Gasteiger partial charge in [0.2, 0.25) is 0 Å². The molecule has 10 heteroatoms. The van der Waals surface area contributed by atoms with Gasteiger partial charge in [-0.1, -0.05) is 19.3 Å². The lowest BCUT2D eigenvalue weighted by Gasteiger charge is -2.33. The van der Waals surface area contributed by atoms with Crippen molar-refractivity contribution in [2.75, 3.05) is 25.6 Å². The van der Waals surface area contributed by atoms with Gasteiger partial charge in [-0.25, -0.2) is 4.98 Å². The molecule has 226 valence electrons. The fraction of sp³-hybridized carbons (Fsp3) is 0.581. The minimum atomic E-state index is -0.541. The number of rotatable bonds is 13. The van der Waals surface area contributed by atoms with Crippen molar-refractivity contribution in [3.63, 3.8) is 0 Å². The number of aliphatic hydroxyl groups excluding tert-OH is 2. The fourth-order valence-corrected chi connectivity index (χ4v) is 5.74. The number of nitrogen functional groups attached to an aromatic ring is 1. The van der Waals surface area contributed by atoms with Crippen LogP contribution < -0.4 is 10.5 Å². The Kier molecular flexibility index (Phi) is 12.7. The molecule has 0 aliphatic heterocycles. The van der Waals surface area contributed by atoms with Crippen molar-refractivity contribution in [1.82, 2.24) is 4.98 Å². The molecular formula is C31H44N2O8. The molecule has 1 aromatic heterocycles. The zero-order valence-corrected chi connectivity index (χ0v) is 24.1. The molecule has 41 heavy (non-hydrogen) atoms. The van der Waals surface area contributed by atoms with Gasteiger partial charge in [-0.05, 0) is 84.9 Å². The third kappa shape index (κ3) is 10.2. The van der Waals surface area contributed by atoms with Crippen LogP contribution >= 0.6 is 0 Å². The van der Waals surface area contributed by atoms with Crippen molar-refractivity contribution in [2.45, 2.75) is 83.8 Å². The van der Waals surface area contributed by atoms with Gasteiger partial charge in [0, 0.05) is 33.1 Å². The number of pyridine rings is 1. The van der Waals surface area contributed by atoms with Crippen LogP contribution in [0.15, 0.2) is 30.5 Å². The van der Waals surface area contributed by atoms with Crippen LogP contribution in [0.1, 0.15) is 70.8 Å². The molecule has 0 amide bonds. The lowest BCUT2D eigenvalue weighted by atomic mass is 9.80. The van der Waals surface area contributed by atoms with Crippen molar-refractivity contribution in [3.8, 4) is 22.6 Å². The predicted molar refractivity (Wildman–Crippen MR) is 154 cm³/mol. The molecule has 4 atom stereocenters. The van der Waals surface area contributed by atoms with Crippen molar-refractivity contribution in [2.24, 2.45) is 11.8 Å². The van der Waals surface area contributed by atoms with E-state index >= 15 is 0 Å². The Balaban J connectivity index is 1.88. The van der Waals surface area contributed by atoms with Gasteiger partial charge in [0.25, 0.3) is 0 Å². The zero-order chi connectivity index (χ0) is 29.8. The van der Waals surface area contributed by atoms with E-state index < -0.39 is 18.2 Å². The molecule has 1 saturated carbocycles. The Morgan fingerprint density at radius 3 is 2.51 bits per heavy atom. The number of ether oxygens (including phenoxy) is 3. The average molecular weight is 573 g/mol. The molecule has 1 aromatic carbocycles. The molecule has 1 heterocycles. The number of carbonyl (C=O) groups excluding carboxylic acids is 2. The highest BCUT2D eigenvalue weighted by molar-refractivity contribution is 5.72. The van der Waals surface area contributed by atoms with E-state index in [0.29, 0.717) is 25.1 Å². The van der Waals surface area contributed by atoms with Gasteiger partial charge in [0.1, 0.15) is 24.6 Å². The van der Waals surface area contributed by atoms with E-state index in [1.807, 2.05) is 0 Å². The Morgan fingerprint density at radius 2 is 1.83 bits per heavy atom. The van der Waals surface area contributed by atoms with Crippen LogP contribution in [0.25, 0.3) is 11.1 Å². The second kappa shape index (κ2) is 16.2. The summed E-state index contributed by atoms with van der Waals surface area (Å²) in [5, 5.41) is 29.7. The first-order chi connectivity index (χ1) is 19.7. The van der Waals surface area contributed by atoms with Crippen LogP contribution in [0.4, 0.5) is 5.82 Å². The summed E-state index contributed by atoms with van der Waals surface area (Å²) in [6.07, 6.45) is 7.52. The summed E-state index contributed by atoms with van der Waals surface area (Å²) >= 11 is 0. The summed E-state index contributed by atoms with van der Waals surface area (Å²) in [7, 11) is 0. The molecule has 5 N–H and O–H groups in total. The third-order valence-corrected chi connectivity index (χ3v) is 7.61. The molecular weight excluding hydrogens is 528 g/mol. The van der Waals surface area contributed by atoms with Gasteiger partial charge in [0.05, 0.1) is 6.61 Å². The minimum absolute atomic E-state index is 0.0188. The maximum Gasteiger partial charge on any atom is 0.302 e. The normalized spacial score (nSPS) is 18.9. The number of hydrogen-bond donors (Lipinski definition) is 4. The first kappa shape index (κ1) is 32.1. The standard InChI is InChI=1S/C31H44N2O8/c1-20(36)40-26(17-29(41-21(2)37)25-7-5-3-4-6-22(14-25)19-35)9-8-23-15-30(39-13-12-34)28(38)18-27(23)24-10-11-33-31(32)16-24/h10-11,15-16,18,22,25-26,29,34-35,38H,3-9,12-14,17,19H2,1-2H3,(H2,32,33)/t22-,25+,26-,29-/m1/s1. The van der Waals surface area contributed by atoms with E-state index in [0.717, 1.165) is 55.2 Å². The number of benzene rings is 1. The number of phenolic OH excluding ortho intramolecular Hbond substituents is 1. The number of esters is 2. The number of nitrogens with zero attached hydrogens (tertiary/aromatic N) is 1. The molecule has 0 bridgehead atoms. The number of aryl methyl sites for hydroxylation is 1. The Hall–Kier alpha value is -3.37. The second-order valence-corrected chi connectivity index (χ2v) is 10.9. The van der Waals surface area contributed by atoms with Crippen molar-refractivity contribution < 1.29 is 39.1 Å². The number of aromatic hydroxyl groups is 1. The number of hydrogen-bond acceptors (Lipinski definition) is 10. The minimum Gasteiger partial charge on any atom is -0.504 e. The summed E-state index contributed by atoms with van der Waals surface area (Å²) in [6.45, 7) is 2.66. The number of carbonyl (C=O) groups is 2. The third-order valence-electron chi connectivity index (χ3n) is 7.61. The number of aliphatic hydroxyl groups is 2. The topological polar surface area (TPSA) is 161 Å². The van der Waals surface area contributed by atoms with Crippen LogP contribution in [0.2, 0.25) is 0 Å². The average Bonchev–Trinajstić information content (AvgIpc) is 2.90. The van der Waals surface area contributed by atoms with Gasteiger partial charge in [-0.3, -0.25) is 9.59 Å². The molecule has 1 aliphatic carbocycles. The van der Waals surface area contributed by atoms with E-state index in [4.69, 9.17) is 19.9 Å². The van der Waals surface area contributed by atoms with Crippen molar-refractivity contribution >= 4 is 17.8 Å². The van der Waals surface area contributed by atoms with Crippen molar-refractivity contribution in [3.05, 3.63) is 36.0 Å². The van der Waals surface area contributed by atoms with Gasteiger partial charge >= 0.3 is 11.9 Å². The summed E-state index contributed by atoms with van der Waals surface area (Å²) < 4.78 is 17.1. The largest absolute Gasteiger partial charge is 0.504 e. The fourth-order valence-electron chi connectivity index (χ4n) is 5.74. The Labute approximate surface area is 241 Å². The van der Waals surface area contributed by atoms with Gasteiger partial charge in [-0.2, -0.15) is 0 Å². The molecule has 1 aliphatic rings. The van der Waals surface area contributed by atoms with Gasteiger partial charge < -0.3 is 35.3 Å². The molecule has 0 unspecified atom stereocenters. The molecule has 2 aromatic rings. The molecule has 0 radical (unpaired) electrons. The Morgan fingerprint density at radius 1 is 1.07 bits per heavy atom. The first-order valence-electron chi connectivity index (χ1n) is 14.5. The summed E-state index contributed by atoms with van der Waals surface area (Å²) in [5.74, 6) is -0.140. The smallest absolute Gasteiger partial charge is 0.302 e. The highest BCUT2D eigenvalue weighted by Crippen LogP contribution is 2.37. The first-order valence-corrected chi connectivity index (χ1v) is 14.5. The van der Waals surface area contributed by atoms with Crippen molar-refractivity contribution in [1.29, 1.82) is 0 Å². The predicted octanol–water partition coefficient (Wildman–Crippen LogP) is 4.17. The van der Waals surface area contributed by atoms with E-state index in [1.165, 1.54) is 13.8 Å². The lowest BCUT2D eigenvalue weighted by Crippen LogP contribution is -2.34. The molecule has 3 rings (SSSR count). The molecule has 1 fully saturated rings. The summed E-state index contributed by atoms with van der Waals surface area (Å²) in [4.78, 5) is 28.3. The summed E-state index contributed by atoms with van der Waals surface area (Å²) in [5.41, 5.74) is 8.21. The van der Waals surface area contributed by atoms with E-state index in [-0.39, 0.29) is 49.1 Å².